The molecule has 7 nitrogen and oxygen atoms in total. The Labute approximate surface area is 196 Å². The van der Waals surface area contributed by atoms with Gasteiger partial charge in [0.25, 0.3) is 5.56 Å². The van der Waals surface area contributed by atoms with Gasteiger partial charge in [0.05, 0.1) is 16.7 Å². The molecule has 0 unspecified atom stereocenters. The molecule has 0 fully saturated rings. The molecule has 1 aliphatic rings. The lowest BCUT2D eigenvalue weighted by atomic mass is 10.0. The number of rotatable bonds is 6. The first kappa shape index (κ1) is 21.7. The molecule has 0 radical (unpaired) electrons. The molecular formula is C25H27N5O2S. The van der Waals surface area contributed by atoms with Crippen molar-refractivity contribution in [3.63, 3.8) is 0 Å². The summed E-state index contributed by atoms with van der Waals surface area (Å²) in [6.07, 6.45) is 2.84. The molecule has 4 aromatic rings. The zero-order valence-electron chi connectivity index (χ0n) is 18.9. The van der Waals surface area contributed by atoms with E-state index in [9.17, 15) is 9.59 Å². The number of nitrogens with zero attached hydrogens (tertiary/aromatic N) is 5. The fourth-order valence-electron chi connectivity index (χ4n) is 4.41. The second-order valence-corrected chi connectivity index (χ2v) is 9.78. The molecule has 3 heterocycles. The number of aromatic nitrogens is 4. The third kappa shape index (κ3) is 4.04. The van der Waals surface area contributed by atoms with Crippen LogP contribution in [-0.4, -0.2) is 37.4 Å². The number of benzene rings is 2. The topological polar surface area (TPSA) is 72.5 Å². The number of anilines is 1. The van der Waals surface area contributed by atoms with Gasteiger partial charge in [-0.3, -0.25) is 18.6 Å². The highest BCUT2D eigenvalue weighted by Crippen LogP contribution is 2.28. The number of fused-ring (bicyclic) bond motifs is 4. The second kappa shape index (κ2) is 9.02. The van der Waals surface area contributed by atoms with Crippen molar-refractivity contribution >= 4 is 40.0 Å². The maximum atomic E-state index is 13.2. The van der Waals surface area contributed by atoms with Crippen LogP contribution >= 0.6 is 11.8 Å². The van der Waals surface area contributed by atoms with E-state index in [-0.39, 0.29) is 17.2 Å². The van der Waals surface area contributed by atoms with Gasteiger partial charge in [-0.1, -0.05) is 55.9 Å². The summed E-state index contributed by atoms with van der Waals surface area (Å²) in [5.41, 5.74) is 2.94. The fraction of sp³-hybridized carbons (Fsp3) is 0.360. The van der Waals surface area contributed by atoms with Crippen LogP contribution in [0, 0.1) is 5.92 Å². The lowest BCUT2D eigenvalue weighted by Crippen LogP contribution is -2.36. The summed E-state index contributed by atoms with van der Waals surface area (Å²) in [5.74, 6) is 1.30. The molecule has 0 saturated heterocycles. The molecular weight excluding hydrogens is 434 g/mol. The minimum absolute atomic E-state index is 0.0521. The van der Waals surface area contributed by atoms with Gasteiger partial charge in [-0.05, 0) is 48.9 Å². The van der Waals surface area contributed by atoms with Gasteiger partial charge in [0.15, 0.2) is 5.16 Å². The molecule has 2 aromatic carbocycles. The van der Waals surface area contributed by atoms with Crippen molar-refractivity contribution in [2.75, 3.05) is 17.2 Å². The lowest BCUT2D eigenvalue weighted by molar-refractivity contribution is -0.116. The van der Waals surface area contributed by atoms with Crippen LogP contribution in [0.4, 0.5) is 5.69 Å². The van der Waals surface area contributed by atoms with Crippen molar-refractivity contribution in [3.05, 3.63) is 64.4 Å². The van der Waals surface area contributed by atoms with Crippen LogP contribution in [-0.2, 0) is 17.8 Å². The average Bonchev–Trinajstić information content (AvgIpc) is 3.26. The van der Waals surface area contributed by atoms with Gasteiger partial charge in [0.2, 0.25) is 11.7 Å². The van der Waals surface area contributed by atoms with E-state index in [1.54, 1.807) is 4.57 Å². The van der Waals surface area contributed by atoms with Crippen LogP contribution in [0.1, 0.15) is 32.3 Å². The molecule has 1 amide bonds. The number of carbonyl (C=O) groups excluding carboxylic acids is 1. The summed E-state index contributed by atoms with van der Waals surface area (Å²) in [5, 5.41) is 10.00. The van der Waals surface area contributed by atoms with E-state index < -0.39 is 0 Å². The van der Waals surface area contributed by atoms with Gasteiger partial charge in [-0.2, -0.15) is 0 Å². The highest BCUT2D eigenvalue weighted by molar-refractivity contribution is 7.99. The molecule has 8 heteroatoms. The van der Waals surface area contributed by atoms with E-state index in [1.165, 1.54) is 17.3 Å². The highest BCUT2D eigenvalue weighted by Gasteiger charge is 2.23. The first-order valence-electron chi connectivity index (χ1n) is 11.4. The van der Waals surface area contributed by atoms with E-state index in [4.69, 9.17) is 0 Å². The minimum atomic E-state index is -0.0521. The van der Waals surface area contributed by atoms with Crippen LogP contribution in [0.5, 0.6) is 0 Å². The van der Waals surface area contributed by atoms with Crippen molar-refractivity contribution in [2.45, 2.75) is 44.8 Å². The highest BCUT2D eigenvalue weighted by atomic mass is 32.2. The van der Waals surface area contributed by atoms with E-state index in [0.717, 1.165) is 37.0 Å². The van der Waals surface area contributed by atoms with Crippen LogP contribution in [0.2, 0.25) is 0 Å². The van der Waals surface area contributed by atoms with Crippen LogP contribution in [0.3, 0.4) is 0 Å². The second-order valence-electron chi connectivity index (χ2n) is 8.84. The molecule has 0 aliphatic carbocycles. The van der Waals surface area contributed by atoms with Crippen molar-refractivity contribution < 1.29 is 4.79 Å². The summed E-state index contributed by atoms with van der Waals surface area (Å²) in [7, 11) is 0. The van der Waals surface area contributed by atoms with Crippen LogP contribution in [0.25, 0.3) is 16.7 Å². The number of hydrogen-bond acceptors (Lipinski definition) is 5. The number of aryl methyl sites for hydroxylation is 2. The third-order valence-electron chi connectivity index (χ3n) is 6.14. The van der Waals surface area contributed by atoms with Crippen LogP contribution in [0.15, 0.2) is 58.5 Å². The Balaban J connectivity index is 1.48. The largest absolute Gasteiger partial charge is 0.311 e. The SMILES string of the molecule is CC(C)CCn1c(=O)c2ccccc2n2c(SCC(=O)N3CCCc4ccccc43)nnc12. The first-order chi connectivity index (χ1) is 16.0. The molecule has 0 atom stereocenters. The Morgan fingerprint density at radius 1 is 1.09 bits per heavy atom. The molecule has 0 spiro atoms. The Hall–Kier alpha value is -3.13. The Morgan fingerprint density at radius 3 is 2.73 bits per heavy atom. The summed E-state index contributed by atoms with van der Waals surface area (Å²) < 4.78 is 3.63. The van der Waals surface area contributed by atoms with Gasteiger partial charge in [-0.15, -0.1) is 10.2 Å². The Morgan fingerprint density at radius 2 is 1.88 bits per heavy atom. The van der Waals surface area contributed by atoms with Crippen molar-refractivity contribution in [2.24, 2.45) is 5.92 Å². The van der Waals surface area contributed by atoms with E-state index in [1.807, 2.05) is 51.8 Å². The molecule has 0 N–H and O–H groups in total. The van der Waals surface area contributed by atoms with Gasteiger partial charge >= 0.3 is 0 Å². The average molecular weight is 462 g/mol. The number of thioether (sulfide) groups is 1. The maximum absolute atomic E-state index is 13.2. The fourth-order valence-corrected chi connectivity index (χ4v) is 5.23. The maximum Gasteiger partial charge on any atom is 0.262 e. The zero-order valence-corrected chi connectivity index (χ0v) is 19.7. The van der Waals surface area contributed by atoms with Gasteiger partial charge < -0.3 is 4.90 Å². The normalized spacial score (nSPS) is 13.7. The van der Waals surface area contributed by atoms with Gasteiger partial charge in [0.1, 0.15) is 0 Å². The minimum Gasteiger partial charge on any atom is -0.311 e. The Kier molecular flexibility index (Phi) is 5.93. The lowest BCUT2D eigenvalue weighted by Gasteiger charge is -2.29. The van der Waals surface area contributed by atoms with Gasteiger partial charge in [-0.25, -0.2) is 0 Å². The number of amides is 1. The van der Waals surface area contributed by atoms with Crippen molar-refractivity contribution in [1.29, 1.82) is 0 Å². The monoisotopic (exact) mass is 461 g/mol. The standard InChI is InChI=1S/C25H27N5O2S/c1-17(2)13-15-29-23(32)19-10-4-6-12-21(19)30-24(29)26-27-25(30)33-16-22(31)28-14-7-9-18-8-3-5-11-20(18)28/h3-6,8,10-12,17H,7,9,13-16H2,1-2H3. The number of hydrogen-bond donors (Lipinski definition) is 0. The molecule has 0 bridgehead atoms. The zero-order chi connectivity index (χ0) is 22.9. The number of carbonyl (C=O) groups is 1. The number of para-hydroxylation sites is 2. The Bertz CT molecular complexity index is 1390. The van der Waals surface area contributed by atoms with Crippen molar-refractivity contribution in [1.82, 2.24) is 19.2 Å². The van der Waals surface area contributed by atoms with Crippen LogP contribution < -0.4 is 10.5 Å². The predicted octanol–water partition coefficient (Wildman–Crippen LogP) is 4.16. The summed E-state index contributed by atoms with van der Waals surface area (Å²) in [6, 6.07) is 15.6. The van der Waals surface area contributed by atoms with Crippen molar-refractivity contribution in [3.8, 4) is 0 Å². The molecule has 170 valence electrons. The smallest absolute Gasteiger partial charge is 0.262 e. The third-order valence-corrected chi connectivity index (χ3v) is 7.06. The molecule has 1 aliphatic heterocycles. The first-order valence-corrected chi connectivity index (χ1v) is 12.4. The summed E-state index contributed by atoms with van der Waals surface area (Å²) in [4.78, 5) is 28.2. The van der Waals surface area contributed by atoms with E-state index in [2.05, 4.69) is 30.1 Å². The molecule has 5 rings (SSSR count). The summed E-state index contributed by atoms with van der Waals surface area (Å²) >= 11 is 1.37. The quantitative estimate of drug-likeness (QED) is 0.403. The van der Waals surface area contributed by atoms with E-state index in [0.29, 0.717) is 28.8 Å². The summed E-state index contributed by atoms with van der Waals surface area (Å²) in [6.45, 7) is 5.59. The molecule has 2 aromatic heterocycles. The molecule has 33 heavy (non-hydrogen) atoms. The van der Waals surface area contributed by atoms with E-state index >= 15 is 0 Å². The van der Waals surface area contributed by atoms with Gasteiger partial charge in [0, 0.05) is 18.8 Å². The molecule has 0 saturated carbocycles. The predicted molar refractivity (Wildman–Crippen MR) is 132 cm³/mol.